The van der Waals surface area contributed by atoms with E-state index < -0.39 is 28.0 Å². The number of ether oxygens (including phenoxy) is 3. The summed E-state index contributed by atoms with van der Waals surface area (Å²) in [7, 11) is -1.27. The number of carbonyl (C=O) groups is 2. The van der Waals surface area contributed by atoms with Crippen LogP contribution in [0.4, 0.5) is 5.69 Å². The first kappa shape index (κ1) is 21.2. The van der Waals surface area contributed by atoms with Gasteiger partial charge in [0.15, 0.2) is 6.10 Å². The SMILES string of the molecule is COc1ccccc1NC(=O)C(C)OC(=O)c1cc(S(N)(=O)=O)ccc1OC. The third kappa shape index (κ3) is 4.99. The Bertz CT molecular complexity index is 989. The zero-order valence-corrected chi connectivity index (χ0v) is 16.3. The van der Waals surface area contributed by atoms with E-state index in [9.17, 15) is 18.0 Å². The van der Waals surface area contributed by atoms with Crippen LogP contribution in [-0.2, 0) is 19.6 Å². The molecule has 0 aliphatic rings. The van der Waals surface area contributed by atoms with Crippen LogP contribution in [0.15, 0.2) is 47.4 Å². The van der Waals surface area contributed by atoms with E-state index in [1.165, 1.54) is 33.3 Å². The maximum Gasteiger partial charge on any atom is 0.342 e. The topological polar surface area (TPSA) is 134 Å². The Morgan fingerprint density at radius 1 is 1.04 bits per heavy atom. The van der Waals surface area contributed by atoms with Crippen molar-refractivity contribution >= 4 is 27.6 Å². The molecule has 10 heteroatoms. The first-order chi connectivity index (χ1) is 13.2. The van der Waals surface area contributed by atoms with Gasteiger partial charge >= 0.3 is 5.97 Å². The molecule has 0 heterocycles. The number of sulfonamides is 1. The number of carbonyl (C=O) groups excluding carboxylic acids is 2. The fourth-order valence-corrected chi connectivity index (χ4v) is 2.82. The van der Waals surface area contributed by atoms with Gasteiger partial charge < -0.3 is 19.5 Å². The van der Waals surface area contributed by atoms with E-state index in [-0.39, 0.29) is 16.2 Å². The highest BCUT2D eigenvalue weighted by Gasteiger charge is 2.24. The molecule has 2 aromatic carbocycles. The van der Waals surface area contributed by atoms with Gasteiger partial charge in [0.1, 0.15) is 17.1 Å². The third-order valence-electron chi connectivity index (χ3n) is 3.74. The molecule has 0 spiro atoms. The van der Waals surface area contributed by atoms with Crippen molar-refractivity contribution in [1.29, 1.82) is 0 Å². The molecule has 0 aromatic heterocycles. The van der Waals surface area contributed by atoms with Gasteiger partial charge in [-0.3, -0.25) is 4.79 Å². The molecule has 0 aliphatic carbocycles. The van der Waals surface area contributed by atoms with Crippen molar-refractivity contribution in [3.8, 4) is 11.5 Å². The molecule has 2 rings (SSSR count). The van der Waals surface area contributed by atoms with Crippen molar-refractivity contribution in [1.82, 2.24) is 0 Å². The second-order valence-corrected chi connectivity index (χ2v) is 7.21. The Labute approximate surface area is 162 Å². The minimum Gasteiger partial charge on any atom is -0.496 e. The summed E-state index contributed by atoms with van der Waals surface area (Å²) in [5.74, 6) is -1.02. The molecule has 9 nitrogen and oxygen atoms in total. The van der Waals surface area contributed by atoms with Gasteiger partial charge in [-0.05, 0) is 37.3 Å². The number of hydrogen-bond acceptors (Lipinski definition) is 7. The molecule has 2 aromatic rings. The summed E-state index contributed by atoms with van der Waals surface area (Å²) in [5, 5.41) is 7.68. The molecule has 0 bridgehead atoms. The molecule has 0 aliphatic heterocycles. The van der Waals surface area contributed by atoms with Crippen molar-refractivity contribution in [3.05, 3.63) is 48.0 Å². The van der Waals surface area contributed by atoms with E-state index in [1.54, 1.807) is 24.3 Å². The minimum atomic E-state index is -4.03. The predicted molar refractivity (Wildman–Crippen MR) is 101 cm³/mol. The number of methoxy groups -OCH3 is 2. The Kier molecular flexibility index (Phi) is 6.60. The number of anilines is 1. The van der Waals surface area contributed by atoms with Gasteiger partial charge in [0, 0.05) is 0 Å². The Balaban J connectivity index is 2.18. The number of nitrogens with two attached hydrogens (primary N) is 1. The highest BCUT2D eigenvalue weighted by atomic mass is 32.2. The summed E-state index contributed by atoms with van der Waals surface area (Å²) < 4.78 is 38.4. The summed E-state index contributed by atoms with van der Waals surface area (Å²) in [4.78, 5) is 24.5. The maximum absolute atomic E-state index is 12.5. The van der Waals surface area contributed by atoms with Crippen molar-refractivity contribution in [2.24, 2.45) is 5.14 Å². The van der Waals surface area contributed by atoms with Crippen LogP contribution in [0.5, 0.6) is 11.5 Å². The lowest BCUT2D eigenvalue weighted by molar-refractivity contribution is -0.123. The van der Waals surface area contributed by atoms with Crippen LogP contribution in [0.25, 0.3) is 0 Å². The summed E-state index contributed by atoms with van der Waals surface area (Å²) in [6.45, 7) is 1.37. The first-order valence-electron chi connectivity index (χ1n) is 8.03. The monoisotopic (exact) mass is 408 g/mol. The van der Waals surface area contributed by atoms with Gasteiger partial charge in [0.25, 0.3) is 5.91 Å². The quantitative estimate of drug-likeness (QED) is 0.664. The van der Waals surface area contributed by atoms with Crippen LogP contribution >= 0.6 is 0 Å². The number of amides is 1. The number of hydrogen-bond donors (Lipinski definition) is 2. The first-order valence-corrected chi connectivity index (χ1v) is 9.57. The average molecular weight is 408 g/mol. The molecule has 0 fully saturated rings. The summed E-state index contributed by atoms with van der Waals surface area (Å²) >= 11 is 0. The number of primary sulfonamides is 1. The molecule has 0 saturated heterocycles. The van der Waals surface area contributed by atoms with Crippen LogP contribution in [-0.4, -0.2) is 40.6 Å². The highest BCUT2D eigenvalue weighted by Crippen LogP contribution is 2.25. The van der Waals surface area contributed by atoms with Gasteiger partial charge in [0.2, 0.25) is 10.0 Å². The van der Waals surface area contributed by atoms with E-state index in [4.69, 9.17) is 19.3 Å². The van der Waals surface area contributed by atoms with Crippen LogP contribution in [0.1, 0.15) is 17.3 Å². The lowest BCUT2D eigenvalue weighted by atomic mass is 10.2. The molecule has 1 unspecified atom stereocenters. The molecule has 1 atom stereocenters. The lowest BCUT2D eigenvalue weighted by Gasteiger charge is -2.16. The highest BCUT2D eigenvalue weighted by molar-refractivity contribution is 7.89. The van der Waals surface area contributed by atoms with E-state index in [1.807, 2.05) is 0 Å². The van der Waals surface area contributed by atoms with E-state index in [0.717, 1.165) is 6.07 Å². The van der Waals surface area contributed by atoms with Crippen molar-refractivity contribution in [2.45, 2.75) is 17.9 Å². The number of nitrogens with one attached hydrogen (secondary N) is 1. The Morgan fingerprint density at radius 3 is 2.29 bits per heavy atom. The summed E-state index contributed by atoms with van der Waals surface area (Å²) in [6, 6.07) is 10.2. The molecular weight excluding hydrogens is 388 g/mol. The second-order valence-electron chi connectivity index (χ2n) is 5.64. The fourth-order valence-electron chi connectivity index (χ4n) is 2.28. The van der Waals surface area contributed by atoms with Gasteiger partial charge in [-0.25, -0.2) is 18.4 Å². The van der Waals surface area contributed by atoms with Crippen LogP contribution in [0.2, 0.25) is 0 Å². The number of rotatable bonds is 7. The molecule has 0 saturated carbocycles. The Morgan fingerprint density at radius 2 is 1.68 bits per heavy atom. The fraction of sp³-hybridized carbons (Fsp3) is 0.222. The summed E-state index contributed by atoms with van der Waals surface area (Å²) in [5.41, 5.74) is 0.234. The normalized spacial score (nSPS) is 12.0. The van der Waals surface area contributed by atoms with E-state index >= 15 is 0 Å². The van der Waals surface area contributed by atoms with Crippen molar-refractivity contribution < 1.29 is 32.2 Å². The number of para-hydroxylation sites is 2. The molecule has 3 N–H and O–H groups in total. The van der Waals surface area contributed by atoms with Gasteiger partial charge in [-0.15, -0.1) is 0 Å². The zero-order valence-electron chi connectivity index (χ0n) is 15.5. The second kappa shape index (κ2) is 8.72. The van der Waals surface area contributed by atoms with Gasteiger partial charge in [0.05, 0.1) is 24.8 Å². The maximum atomic E-state index is 12.5. The number of esters is 1. The zero-order chi connectivity index (χ0) is 20.9. The van der Waals surface area contributed by atoms with Crippen LogP contribution in [0.3, 0.4) is 0 Å². The molecule has 0 radical (unpaired) electrons. The van der Waals surface area contributed by atoms with Crippen molar-refractivity contribution in [2.75, 3.05) is 19.5 Å². The van der Waals surface area contributed by atoms with E-state index in [0.29, 0.717) is 11.4 Å². The smallest absolute Gasteiger partial charge is 0.342 e. The predicted octanol–water partition coefficient (Wildman–Crippen LogP) is 1.54. The molecular formula is C18H20N2O7S. The molecule has 28 heavy (non-hydrogen) atoms. The number of benzene rings is 2. The van der Waals surface area contributed by atoms with E-state index in [2.05, 4.69) is 5.32 Å². The van der Waals surface area contributed by atoms with Crippen LogP contribution in [0, 0.1) is 0 Å². The van der Waals surface area contributed by atoms with Crippen LogP contribution < -0.4 is 19.9 Å². The minimum absolute atomic E-state index is 0.0785. The lowest BCUT2D eigenvalue weighted by Crippen LogP contribution is -2.30. The standard InChI is InChI=1S/C18H20N2O7S/c1-11(17(21)20-14-6-4-5-7-16(14)26-3)27-18(22)13-10-12(28(19,23)24)8-9-15(13)25-2/h4-11H,1-3H3,(H,20,21)(H2,19,23,24). The third-order valence-corrected chi connectivity index (χ3v) is 4.65. The van der Waals surface area contributed by atoms with Crippen molar-refractivity contribution in [3.63, 3.8) is 0 Å². The van der Waals surface area contributed by atoms with Gasteiger partial charge in [-0.1, -0.05) is 12.1 Å². The summed E-state index contributed by atoms with van der Waals surface area (Å²) in [6.07, 6.45) is -1.18. The largest absolute Gasteiger partial charge is 0.496 e. The van der Waals surface area contributed by atoms with Gasteiger partial charge in [-0.2, -0.15) is 0 Å². The average Bonchev–Trinajstić information content (AvgIpc) is 2.66. The Hall–Kier alpha value is -3.11. The molecule has 1 amide bonds. The molecule has 150 valence electrons.